The summed E-state index contributed by atoms with van der Waals surface area (Å²) in [7, 11) is 7.73. The van der Waals surface area contributed by atoms with Crippen LogP contribution in [0.2, 0.25) is 0 Å². The number of carbonyl (C=O) groups is 2. The Hall–Kier alpha value is -1.82. The van der Waals surface area contributed by atoms with Crippen LogP contribution < -0.4 is 11.5 Å². The van der Waals surface area contributed by atoms with Crippen LogP contribution in [0, 0.1) is 0 Å². The first kappa shape index (κ1) is 22.5. The number of amides is 2. The molecule has 0 spiro atoms. The van der Waals surface area contributed by atoms with E-state index in [0.29, 0.717) is 17.6 Å². The van der Waals surface area contributed by atoms with E-state index < -0.39 is 0 Å². The number of rotatable bonds is 9. The van der Waals surface area contributed by atoms with Crippen molar-refractivity contribution in [2.24, 2.45) is 11.5 Å². The third kappa shape index (κ3) is 14.6. The second-order valence-corrected chi connectivity index (χ2v) is 5.61. The fraction of sp³-hybridized carbons (Fsp3) is 0.625. The lowest BCUT2D eigenvalue weighted by molar-refractivity contribution is -0.115. The Balaban J connectivity index is 0. The predicted octanol–water partition coefficient (Wildman–Crippen LogP) is 1.09. The summed E-state index contributed by atoms with van der Waals surface area (Å²) in [6.45, 7) is 6.54. The summed E-state index contributed by atoms with van der Waals surface area (Å²) in [6.07, 6.45) is 5.12. The first-order valence-electron chi connectivity index (χ1n) is 7.41. The molecular formula is C16H32N4O2. The monoisotopic (exact) mass is 312 g/mol. The largest absolute Gasteiger partial charge is 0.383 e. The molecule has 4 N–H and O–H groups in total. The molecule has 0 heterocycles. The van der Waals surface area contributed by atoms with E-state index >= 15 is 0 Å². The quantitative estimate of drug-likeness (QED) is 0.623. The molecule has 0 aromatic carbocycles. The summed E-state index contributed by atoms with van der Waals surface area (Å²) in [4.78, 5) is 25.1. The van der Waals surface area contributed by atoms with Gasteiger partial charge in [0.2, 0.25) is 11.8 Å². The molecule has 0 saturated carbocycles. The zero-order valence-electron chi connectivity index (χ0n) is 14.7. The zero-order valence-corrected chi connectivity index (χ0v) is 14.7. The van der Waals surface area contributed by atoms with Gasteiger partial charge in [-0.1, -0.05) is 19.9 Å². The summed E-state index contributed by atoms with van der Waals surface area (Å²) < 4.78 is 0. The predicted molar refractivity (Wildman–Crippen MR) is 92.0 cm³/mol. The molecule has 0 radical (unpaired) electrons. The lowest BCUT2D eigenvalue weighted by Gasteiger charge is -2.08. The first-order valence-corrected chi connectivity index (χ1v) is 7.41. The Labute approximate surface area is 134 Å². The molecule has 0 rings (SSSR count). The van der Waals surface area contributed by atoms with Crippen molar-refractivity contribution in [1.29, 1.82) is 0 Å². The van der Waals surface area contributed by atoms with Gasteiger partial charge in [-0.05, 0) is 39.9 Å². The van der Waals surface area contributed by atoms with Crippen molar-refractivity contribution in [1.82, 2.24) is 9.80 Å². The average Bonchev–Trinajstić information content (AvgIpc) is 2.37. The lowest BCUT2D eigenvalue weighted by Crippen LogP contribution is -2.16. The molecule has 0 aliphatic carbocycles. The molecule has 0 saturated heterocycles. The third-order valence-electron chi connectivity index (χ3n) is 2.68. The van der Waals surface area contributed by atoms with E-state index in [0.717, 1.165) is 25.8 Å². The molecular weight excluding hydrogens is 280 g/mol. The van der Waals surface area contributed by atoms with E-state index in [1.54, 1.807) is 6.20 Å². The van der Waals surface area contributed by atoms with Crippen molar-refractivity contribution in [3.63, 3.8) is 0 Å². The maximum atomic E-state index is 10.8. The fourth-order valence-corrected chi connectivity index (χ4v) is 1.56. The van der Waals surface area contributed by atoms with Gasteiger partial charge in [-0.2, -0.15) is 0 Å². The van der Waals surface area contributed by atoms with Crippen molar-refractivity contribution < 1.29 is 9.59 Å². The minimum absolute atomic E-state index is 0.319. The van der Waals surface area contributed by atoms with Crippen LogP contribution in [-0.4, -0.2) is 56.3 Å². The molecule has 0 bridgehead atoms. The van der Waals surface area contributed by atoms with Gasteiger partial charge in [0.1, 0.15) is 0 Å². The number of hydrogen-bond donors (Lipinski definition) is 2. The molecule has 6 nitrogen and oxygen atoms in total. The summed E-state index contributed by atoms with van der Waals surface area (Å²) in [6, 6.07) is 0. The van der Waals surface area contributed by atoms with Crippen LogP contribution in [0.1, 0.15) is 32.6 Å². The van der Waals surface area contributed by atoms with Crippen LogP contribution in [0.25, 0.3) is 0 Å². The highest BCUT2D eigenvalue weighted by atomic mass is 16.1. The number of primary amides is 2. The van der Waals surface area contributed by atoms with Crippen molar-refractivity contribution in [2.75, 3.05) is 34.7 Å². The normalized spacial score (nSPS) is 10.7. The van der Waals surface area contributed by atoms with E-state index in [-0.39, 0.29) is 11.8 Å². The maximum Gasteiger partial charge on any atom is 0.246 e. The molecule has 0 atom stereocenters. The van der Waals surface area contributed by atoms with Crippen molar-refractivity contribution in [3.8, 4) is 0 Å². The standard InChI is InChI=1S/2C8H16N2O/c1-7(8(9)11)5-4-6-10(2)3;1-4-5-7(8(9)11)6-10(2)3/h1,4-6H2,2-3H3,(H2,9,11);6H,4-5H2,1-3H3,(H2,9,11). The SMILES string of the molecule is C=C(CCCN(C)C)C(N)=O.CCCC(=CN(C)C)C(N)=O. The maximum absolute atomic E-state index is 10.8. The molecule has 0 unspecified atom stereocenters. The van der Waals surface area contributed by atoms with Crippen LogP contribution in [-0.2, 0) is 9.59 Å². The number of hydrogen-bond acceptors (Lipinski definition) is 4. The average molecular weight is 312 g/mol. The number of carbonyl (C=O) groups excluding carboxylic acids is 2. The summed E-state index contributed by atoms with van der Waals surface area (Å²) in [5, 5.41) is 0. The van der Waals surface area contributed by atoms with Gasteiger partial charge in [0.15, 0.2) is 0 Å². The van der Waals surface area contributed by atoms with Crippen molar-refractivity contribution >= 4 is 11.8 Å². The van der Waals surface area contributed by atoms with Gasteiger partial charge in [-0.25, -0.2) is 0 Å². The van der Waals surface area contributed by atoms with Gasteiger partial charge in [0.05, 0.1) is 0 Å². The Kier molecular flexibility index (Phi) is 13.2. The summed E-state index contributed by atoms with van der Waals surface area (Å²) in [5.74, 6) is -0.704. The van der Waals surface area contributed by atoms with Crippen LogP contribution in [0.4, 0.5) is 0 Å². The molecule has 22 heavy (non-hydrogen) atoms. The Morgan fingerprint density at radius 1 is 1.05 bits per heavy atom. The number of nitrogens with zero attached hydrogens (tertiary/aromatic N) is 2. The van der Waals surface area contributed by atoms with Gasteiger partial charge >= 0.3 is 0 Å². The summed E-state index contributed by atoms with van der Waals surface area (Å²) in [5.41, 5.74) is 11.4. The smallest absolute Gasteiger partial charge is 0.246 e. The third-order valence-corrected chi connectivity index (χ3v) is 2.68. The van der Waals surface area contributed by atoms with E-state index in [4.69, 9.17) is 11.5 Å². The highest BCUT2D eigenvalue weighted by molar-refractivity contribution is 5.91. The minimum atomic E-state index is -0.385. The second kappa shape index (κ2) is 12.9. The summed E-state index contributed by atoms with van der Waals surface area (Å²) >= 11 is 0. The first-order chi connectivity index (χ1) is 10.1. The molecule has 0 aromatic rings. The van der Waals surface area contributed by atoms with E-state index in [1.807, 2.05) is 40.0 Å². The van der Waals surface area contributed by atoms with Crippen LogP contribution in [0.5, 0.6) is 0 Å². The molecule has 0 fully saturated rings. The van der Waals surface area contributed by atoms with Crippen LogP contribution >= 0.6 is 0 Å². The number of nitrogens with two attached hydrogens (primary N) is 2. The highest BCUT2D eigenvalue weighted by Gasteiger charge is 2.02. The molecule has 2 amide bonds. The Morgan fingerprint density at radius 2 is 1.59 bits per heavy atom. The topological polar surface area (TPSA) is 92.7 Å². The highest BCUT2D eigenvalue weighted by Crippen LogP contribution is 2.03. The van der Waals surface area contributed by atoms with Gasteiger partial charge in [-0.15, -0.1) is 0 Å². The second-order valence-electron chi connectivity index (χ2n) is 5.61. The van der Waals surface area contributed by atoms with E-state index in [1.165, 1.54) is 0 Å². The van der Waals surface area contributed by atoms with Gasteiger partial charge < -0.3 is 21.3 Å². The molecule has 0 aliphatic rings. The Morgan fingerprint density at radius 3 is 1.91 bits per heavy atom. The van der Waals surface area contributed by atoms with Crippen molar-refractivity contribution in [2.45, 2.75) is 32.6 Å². The molecule has 6 heteroatoms. The van der Waals surface area contributed by atoms with Gasteiger partial charge in [-0.3, -0.25) is 9.59 Å². The van der Waals surface area contributed by atoms with Crippen LogP contribution in [0.15, 0.2) is 23.9 Å². The van der Waals surface area contributed by atoms with Crippen molar-refractivity contribution in [3.05, 3.63) is 23.9 Å². The molecule has 0 aliphatic heterocycles. The van der Waals surface area contributed by atoms with Crippen LogP contribution in [0.3, 0.4) is 0 Å². The zero-order chi connectivity index (χ0) is 17.7. The van der Waals surface area contributed by atoms with E-state index in [9.17, 15) is 9.59 Å². The van der Waals surface area contributed by atoms with Gasteiger partial charge in [0, 0.05) is 31.4 Å². The Bertz CT molecular complexity index is 388. The van der Waals surface area contributed by atoms with E-state index in [2.05, 4.69) is 11.5 Å². The fourth-order valence-electron chi connectivity index (χ4n) is 1.56. The molecule has 0 aromatic heterocycles. The molecule has 128 valence electrons. The minimum Gasteiger partial charge on any atom is -0.383 e. The van der Waals surface area contributed by atoms with Gasteiger partial charge in [0.25, 0.3) is 0 Å². The lowest BCUT2D eigenvalue weighted by atomic mass is 10.1.